The maximum atomic E-state index is 11.9. The maximum absolute atomic E-state index is 11.9. The number of aliphatic hydroxyl groups excluding tert-OH is 1. The Morgan fingerprint density at radius 1 is 1.17 bits per heavy atom. The van der Waals surface area contributed by atoms with Crippen molar-refractivity contribution >= 4 is 10.0 Å². The van der Waals surface area contributed by atoms with Crippen molar-refractivity contribution in [3.63, 3.8) is 0 Å². The standard InChI is InChI=1S/C12H23NO4S/c14-11-5-3-10(4-6-11)8-13-18(15,16)9-12-2-1-7-17-12/h10-14H,1-9H2. The molecule has 2 rings (SSSR count). The Kier molecular flexibility index (Phi) is 5.00. The Hall–Kier alpha value is -0.170. The third-order valence-electron chi connectivity index (χ3n) is 3.84. The van der Waals surface area contributed by atoms with E-state index in [9.17, 15) is 13.5 Å². The minimum absolute atomic E-state index is 0.0857. The van der Waals surface area contributed by atoms with E-state index in [1.807, 2.05) is 0 Å². The fourth-order valence-corrected chi connectivity index (χ4v) is 4.03. The summed E-state index contributed by atoms with van der Waals surface area (Å²) in [5.74, 6) is 0.454. The second-order valence-corrected chi connectivity index (χ2v) is 7.29. The smallest absolute Gasteiger partial charge is 0.214 e. The topological polar surface area (TPSA) is 75.6 Å². The SMILES string of the molecule is O=S(=O)(CC1CCCO1)NCC1CCC(O)CC1. The van der Waals surface area contributed by atoms with Crippen LogP contribution in [0.5, 0.6) is 0 Å². The molecule has 1 aliphatic carbocycles. The summed E-state index contributed by atoms with van der Waals surface area (Å²) in [6, 6.07) is 0. The lowest BCUT2D eigenvalue weighted by Gasteiger charge is -2.25. The van der Waals surface area contributed by atoms with Crippen molar-refractivity contribution in [3.8, 4) is 0 Å². The summed E-state index contributed by atoms with van der Waals surface area (Å²) in [4.78, 5) is 0. The fraction of sp³-hybridized carbons (Fsp3) is 1.00. The molecule has 0 aromatic rings. The highest BCUT2D eigenvalue weighted by atomic mass is 32.2. The molecule has 1 saturated carbocycles. The third-order valence-corrected chi connectivity index (χ3v) is 5.25. The normalized spacial score (nSPS) is 33.7. The first kappa shape index (κ1) is 14.2. The van der Waals surface area contributed by atoms with Crippen molar-refractivity contribution < 1.29 is 18.3 Å². The Morgan fingerprint density at radius 2 is 1.89 bits per heavy atom. The van der Waals surface area contributed by atoms with Gasteiger partial charge in [-0.2, -0.15) is 0 Å². The van der Waals surface area contributed by atoms with Crippen LogP contribution in [0.15, 0.2) is 0 Å². The zero-order valence-corrected chi connectivity index (χ0v) is 11.5. The molecule has 1 unspecified atom stereocenters. The van der Waals surface area contributed by atoms with Gasteiger partial charge in [-0.3, -0.25) is 0 Å². The predicted molar refractivity (Wildman–Crippen MR) is 68.7 cm³/mol. The van der Waals surface area contributed by atoms with Gasteiger partial charge in [0.2, 0.25) is 10.0 Å². The van der Waals surface area contributed by atoms with Crippen molar-refractivity contribution in [2.45, 2.75) is 50.7 Å². The van der Waals surface area contributed by atoms with E-state index in [1.165, 1.54) is 0 Å². The van der Waals surface area contributed by atoms with Crippen LogP contribution in [0.3, 0.4) is 0 Å². The van der Waals surface area contributed by atoms with Gasteiger partial charge in [0.25, 0.3) is 0 Å². The molecule has 106 valence electrons. The van der Waals surface area contributed by atoms with E-state index in [1.54, 1.807) is 0 Å². The van der Waals surface area contributed by atoms with Crippen LogP contribution in [-0.2, 0) is 14.8 Å². The number of ether oxygens (including phenoxy) is 1. The average Bonchev–Trinajstić information content (AvgIpc) is 2.80. The number of nitrogens with one attached hydrogen (secondary N) is 1. The predicted octanol–water partition coefficient (Wildman–Crippen LogP) is 0.636. The quantitative estimate of drug-likeness (QED) is 0.773. The molecule has 2 N–H and O–H groups in total. The van der Waals surface area contributed by atoms with Gasteiger partial charge in [-0.15, -0.1) is 0 Å². The molecule has 0 bridgehead atoms. The fourth-order valence-electron chi connectivity index (χ4n) is 2.67. The molecular formula is C12H23NO4S. The molecule has 0 aromatic carbocycles. The van der Waals surface area contributed by atoms with Crippen molar-refractivity contribution in [2.24, 2.45) is 5.92 Å². The number of hydrogen-bond donors (Lipinski definition) is 2. The summed E-state index contributed by atoms with van der Waals surface area (Å²) < 4.78 is 31.7. The lowest BCUT2D eigenvalue weighted by atomic mass is 9.88. The van der Waals surface area contributed by atoms with Gasteiger partial charge in [0.05, 0.1) is 18.0 Å². The first-order chi connectivity index (χ1) is 8.55. The molecule has 1 aliphatic heterocycles. The highest BCUT2D eigenvalue weighted by Crippen LogP contribution is 2.23. The molecule has 6 heteroatoms. The van der Waals surface area contributed by atoms with Gasteiger partial charge in [-0.25, -0.2) is 13.1 Å². The monoisotopic (exact) mass is 277 g/mol. The minimum atomic E-state index is -3.22. The molecule has 0 amide bonds. The molecular weight excluding hydrogens is 254 g/mol. The van der Waals surface area contributed by atoms with E-state index >= 15 is 0 Å². The van der Waals surface area contributed by atoms with Crippen molar-refractivity contribution in [3.05, 3.63) is 0 Å². The largest absolute Gasteiger partial charge is 0.393 e. The average molecular weight is 277 g/mol. The lowest BCUT2D eigenvalue weighted by Crippen LogP contribution is -2.36. The molecule has 18 heavy (non-hydrogen) atoms. The number of rotatable bonds is 5. The van der Waals surface area contributed by atoms with Gasteiger partial charge >= 0.3 is 0 Å². The Balaban J connectivity index is 1.71. The van der Waals surface area contributed by atoms with Gasteiger partial charge in [-0.1, -0.05) is 0 Å². The summed E-state index contributed by atoms with van der Waals surface area (Å²) in [7, 11) is -3.22. The first-order valence-corrected chi connectivity index (χ1v) is 8.47. The van der Waals surface area contributed by atoms with Gasteiger partial charge in [-0.05, 0) is 44.4 Å². The summed E-state index contributed by atoms with van der Waals surface area (Å²) in [5, 5.41) is 9.39. The van der Waals surface area contributed by atoms with Crippen LogP contribution in [0.1, 0.15) is 38.5 Å². The Labute approximate surface area is 109 Å². The molecule has 0 spiro atoms. The van der Waals surface area contributed by atoms with E-state index in [0.717, 1.165) is 38.5 Å². The zero-order chi connectivity index (χ0) is 13.0. The molecule has 5 nitrogen and oxygen atoms in total. The van der Waals surface area contributed by atoms with Crippen molar-refractivity contribution in [2.75, 3.05) is 18.9 Å². The molecule has 0 aromatic heterocycles. The second kappa shape index (κ2) is 6.32. The number of hydrogen-bond acceptors (Lipinski definition) is 4. The van der Waals surface area contributed by atoms with E-state index in [2.05, 4.69) is 4.72 Å². The maximum Gasteiger partial charge on any atom is 0.214 e. The highest BCUT2D eigenvalue weighted by Gasteiger charge is 2.25. The first-order valence-electron chi connectivity index (χ1n) is 6.82. The van der Waals surface area contributed by atoms with E-state index in [0.29, 0.717) is 19.1 Å². The molecule has 1 heterocycles. The van der Waals surface area contributed by atoms with Crippen LogP contribution < -0.4 is 4.72 Å². The van der Waals surface area contributed by atoms with E-state index in [-0.39, 0.29) is 18.0 Å². The summed E-state index contributed by atoms with van der Waals surface area (Å²) in [6.45, 7) is 1.18. The zero-order valence-electron chi connectivity index (χ0n) is 10.7. The van der Waals surface area contributed by atoms with Gasteiger partial charge in [0.15, 0.2) is 0 Å². The molecule has 0 radical (unpaired) electrons. The van der Waals surface area contributed by atoms with Gasteiger partial charge in [0.1, 0.15) is 0 Å². The molecule has 1 atom stereocenters. The van der Waals surface area contributed by atoms with Crippen LogP contribution in [0, 0.1) is 5.92 Å². The highest BCUT2D eigenvalue weighted by molar-refractivity contribution is 7.89. The van der Waals surface area contributed by atoms with Crippen molar-refractivity contribution in [1.82, 2.24) is 4.72 Å². The summed E-state index contributed by atoms with van der Waals surface area (Å²) >= 11 is 0. The van der Waals surface area contributed by atoms with E-state index in [4.69, 9.17) is 4.74 Å². The minimum Gasteiger partial charge on any atom is -0.393 e. The third kappa shape index (κ3) is 4.50. The Morgan fingerprint density at radius 3 is 2.50 bits per heavy atom. The van der Waals surface area contributed by atoms with E-state index < -0.39 is 10.0 Å². The van der Waals surface area contributed by atoms with Crippen LogP contribution in [0.4, 0.5) is 0 Å². The van der Waals surface area contributed by atoms with Gasteiger partial charge < -0.3 is 9.84 Å². The van der Waals surface area contributed by atoms with Crippen LogP contribution in [0.2, 0.25) is 0 Å². The Bertz CT molecular complexity index is 343. The number of sulfonamides is 1. The lowest BCUT2D eigenvalue weighted by molar-refractivity contribution is 0.109. The molecule has 1 saturated heterocycles. The van der Waals surface area contributed by atoms with Crippen LogP contribution in [-0.4, -0.2) is 44.6 Å². The van der Waals surface area contributed by atoms with Crippen LogP contribution in [0.25, 0.3) is 0 Å². The summed E-state index contributed by atoms with van der Waals surface area (Å²) in [5.41, 5.74) is 0. The van der Waals surface area contributed by atoms with Gasteiger partial charge in [0, 0.05) is 13.2 Å². The summed E-state index contributed by atoms with van der Waals surface area (Å²) in [6.07, 6.45) is 4.88. The number of aliphatic hydroxyl groups is 1. The molecule has 2 fully saturated rings. The molecule has 2 aliphatic rings. The van der Waals surface area contributed by atoms with Crippen molar-refractivity contribution in [1.29, 1.82) is 0 Å². The van der Waals surface area contributed by atoms with Crippen LogP contribution >= 0.6 is 0 Å². The second-order valence-electron chi connectivity index (χ2n) is 5.44.